The largest absolute Gasteiger partial charge is 0.382 e. The average molecular weight is 246 g/mol. The van der Waals surface area contributed by atoms with Crippen molar-refractivity contribution in [3.05, 3.63) is 23.2 Å². The maximum atomic E-state index is 12.2. The lowest BCUT2D eigenvalue weighted by Crippen LogP contribution is -2.42. The minimum atomic E-state index is -3.29. The quantitative estimate of drug-likeness (QED) is 0.763. The van der Waals surface area contributed by atoms with Crippen LogP contribution in [0.5, 0.6) is 0 Å². The van der Waals surface area contributed by atoms with Crippen LogP contribution in [0.1, 0.15) is 13.8 Å². The monoisotopic (exact) mass is 245 g/mol. The Kier molecular flexibility index (Phi) is 2.24. The van der Waals surface area contributed by atoms with Crippen LogP contribution >= 0.6 is 11.6 Å². The number of halogens is 1. The Bertz CT molecular complexity index is 508. The number of fused-ring (bicyclic) bond motifs is 1. The Morgan fingerprint density at radius 1 is 1.40 bits per heavy atom. The molecule has 0 bridgehead atoms. The average Bonchev–Trinajstić information content (AvgIpc) is 2.14. The number of hydrogen-bond donors (Lipinski definition) is 1. The van der Waals surface area contributed by atoms with Gasteiger partial charge in [0, 0.05) is 11.6 Å². The van der Waals surface area contributed by atoms with Crippen molar-refractivity contribution in [3.63, 3.8) is 0 Å². The molecule has 1 aromatic rings. The van der Waals surface area contributed by atoms with Crippen molar-refractivity contribution in [1.82, 2.24) is 0 Å². The van der Waals surface area contributed by atoms with Gasteiger partial charge in [0.25, 0.3) is 0 Å². The van der Waals surface area contributed by atoms with Crippen LogP contribution in [0.15, 0.2) is 23.1 Å². The van der Waals surface area contributed by atoms with Crippen LogP contribution < -0.4 is 5.32 Å². The van der Waals surface area contributed by atoms with E-state index >= 15 is 0 Å². The second kappa shape index (κ2) is 3.12. The first kappa shape index (κ1) is 10.8. The molecule has 0 radical (unpaired) electrons. The van der Waals surface area contributed by atoms with E-state index < -0.39 is 14.6 Å². The summed E-state index contributed by atoms with van der Waals surface area (Å²) in [5.74, 6) is 0. The summed E-state index contributed by atoms with van der Waals surface area (Å²) in [6, 6.07) is 4.88. The molecule has 2 rings (SSSR count). The molecule has 0 aromatic heterocycles. The highest BCUT2D eigenvalue weighted by molar-refractivity contribution is 7.93. The molecule has 0 amide bonds. The molecule has 1 aliphatic rings. The van der Waals surface area contributed by atoms with Gasteiger partial charge in [-0.2, -0.15) is 0 Å². The molecule has 1 aliphatic heterocycles. The van der Waals surface area contributed by atoms with E-state index in [1.807, 2.05) is 0 Å². The van der Waals surface area contributed by atoms with Crippen molar-refractivity contribution in [1.29, 1.82) is 0 Å². The second-order valence-corrected chi connectivity index (χ2v) is 7.25. The number of anilines is 1. The van der Waals surface area contributed by atoms with Crippen molar-refractivity contribution in [2.45, 2.75) is 23.5 Å². The summed E-state index contributed by atoms with van der Waals surface area (Å²) in [7, 11) is -3.29. The van der Waals surface area contributed by atoms with E-state index in [1.165, 1.54) is 6.07 Å². The third-order valence-electron chi connectivity index (χ3n) is 2.67. The number of rotatable bonds is 0. The van der Waals surface area contributed by atoms with Crippen molar-refractivity contribution < 1.29 is 8.42 Å². The van der Waals surface area contributed by atoms with Gasteiger partial charge in [0.05, 0.1) is 15.3 Å². The molecule has 1 heterocycles. The van der Waals surface area contributed by atoms with Crippen LogP contribution in [0, 0.1) is 0 Å². The highest BCUT2D eigenvalue weighted by Crippen LogP contribution is 2.36. The standard InChI is InChI=1S/C10H12ClNO2S/c1-10(2)6-12-8-4-3-7(11)5-9(8)15(10,13)14/h3-5,12H,6H2,1-2H3. The number of hydrogen-bond acceptors (Lipinski definition) is 3. The smallest absolute Gasteiger partial charge is 0.187 e. The van der Waals surface area contributed by atoms with Gasteiger partial charge < -0.3 is 5.32 Å². The van der Waals surface area contributed by atoms with Gasteiger partial charge in [-0.25, -0.2) is 8.42 Å². The summed E-state index contributed by atoms with van der Waals surface area (Å²) in [6.45, 7) is 3.84. The van der Waals surface area contributed by atoms with E-state index in [1.54, 1.807) is 26.0 Å². The first-order valence-corrected chi connectivity index (χ1v) is 6.49. The van der Waals surface area contributed by atoms with Crippen LogP contribution in [-0.2, 0) is 9.84 Å². The van der Waals surface area contributed by atoms with Crippen LogP contribution in [-0.4, -0.2) is 19.7 Å². The Labute approximate surface area is 94.4 Å². The molecule has 0 saturated carbocycles. The van der Waals surface area contributed by atoms with Crippen molar-refractivity contribution in [2.75, 3.05) is 11.9 Å². The van der Waals surface area contributed by atoms with Crippen molar-refractivity contribution in [3.8, 4) is 0 Å². The predicted molar refractivity (Wildman–Crippen MR) is 61.2 cm³/mol. The second-order valence-electron chi connectivity index (χ2n) is 4.26. The van der Waals surface area contributed by atoms with Crippen LogP contribution in [0.2, 0.25) is 5.02 Å². The van der Waals surface area contributed by atoms with Crippen LogP contribution in [0.3, 0.4) is 0 Å². The highest BCUT2D eigenvalue weighted by atomic mass is 35.5. The topological polar surface area (TPSA) is 46.2 Å². The lowest BCUT2D eigenvalue weighted by atomic mass is 10.2. The van der Waals surface area contributed by atoms with Gasteiger partial charge in [-0.1, -0.05) is 11.6 Å². The molecule has 3 nitrogen and oxygen atoms in total. The maximum Gasteiger partial charge on any atom is 0.187 e. The normalized spacial score (nSPS) is 21.5. The molecular weight excluding hydrogens is 234 g/mol. The molecule has 0 atom stereocenters. The van der Waals surface area contributed by atoms with Gasteiger partial charge in [0.2, 0.25) is 0 Å². The summed E-state index contributed by atoms with van der Waals surface area (Å²) in [5.41, 5.74) is 0.638. The number of benzene rings is 1. The molecule has 0 aliphatic carbocycles. The lowest BCUT2D eigenvalue weighted by Gasteiger charge is -2.32. The van der Waals surface area contributed by atoms with E-state index in [9.17, 15) is 8.42 Å². The van der Waals surface area contributed by atoms with E-state index in [0.717, 1.165) is 0 Å². The Morgan fingerprint density at radius 3 is 2.73 bits per heavy atom. The van der Waals surface area contributed by atoms with Crippen molar-refractivity contribution in [2.24, 2.45) is 0 Å². The minimum Gasteiger partial charge on any atom is -0.382 e. The molecule has 0 fully saturated rings. The fourth-order valence-electron chi connectivity index (χ4n) is 1.57. The zero-order valence-corrected chi connectivity index (χ0v) is 10.1. The van der Waals surface area contributed by atoms with E-state index in [4.69, 9.17) is 11.6 Å². The summed E-state index contributed by atoms with van der Waals surface area (Å²) in [6.07, 6.45) is 0. The fourth-order valence-corrected chi connectivity index (χ4v) is 3.37. The van der Waals surface area contributed by atoms with E-state index in [0.29, 0.717) is 22.2 Å². The molecule has 5 heteroatoms. The van der Waals surface area contributed by atoms with Gasteiger partial charge in [-0.05, 0) is 32.0 Å². The van der Waals surface area contributed by atoms with E-state index in [-0.39, 0.29) is 0 Å². The molecular formula is C10H12ClNO2S. The Balaban J connectivity index is 2.72. The van der Waals surface area contributed by atoms with Crippen LogP contribution in [0.25, 0.3) is 0 Å². The van der Waals surface area contributed by atoms with Gasteiger partial charge in [-0.3, -0.25) is 0 Å². The molecule has 1 N–H and O–H groups in total. The van der Waals surface area contributed by atoms with Crippen LogP contribution in [0.4, 0.5) is 5.69 Å². The van der Waals surface area contributed by atoms with Gasteiger partial charge in [-0.15, -0.1) is 0 Å². The highest BCUT2D eigenvalue weighted by Gasteiger charge is 2.40. The molecule has 82 valence electrons. The first-order valence-electron chi connectivity index (χ1n) is 4.63. The van der Waals surface area contributed by atoms with Gasteiger partial charge in [0.1, 0.15) is 0 Å². The summed E-state index contributed by atoms with van der Waals surface area (Å²) < 4.78 is 23.6. The number of nitrogens with one attached hydrogen (secondary N) is 1. The Morgan fingerprint density at radius 2 is 2.07 bits per heavy atom. The third kappa shape index (κ3) is 1.52. The van der Waals surface area contributed by atoms with Gasteiger partial charge >= 0.3 is 0 Å². The zero-order valence-electron chi connectivity index (χ0n) is 8.54. The lowest BCUT2D eigenvalue weighted by molar-refractivity contribution is 0.548. The van der Waals surface area contributed by atoms with Gasteiger partial charge in [0.15, 0.2) is 9.84 Å². The summed E-state index contributed by atoms with van der Waals surface area (Å²) in [5, 5.41) is 3.54. The third-order valence-corrected chi connectivity index (χ3v) is 5.42. The summed E-state index contributed by atoms with van der Waals surface area (Å²) >= 11 is 5.80. The van der Waals surface area contributed by atoms with E-state index in [2.05, 4.69) is 5.32 Å². The SMILES string of the molecule is CC1(C)CNc2ccc(Cl)cc2S1(=O)=O. The molecule has 1 aromatic carbocycles. The molecule has 0 unspecified atom stereocenters. The minimum absolute atomic E-state index is 0.297. The molecule has 0 spiro atoms. The predicted octanol–water partition coefficient (Wildman–Crippen LogP) is 2.32. The molecule has 15 heavy (non-hydrogen) atoms. The van der Waals surface area contributed by atoms with Crippen molar-refractivity contribution >= 4 is 27.1 Å². The maximum absolute atomic E-state index is 12.2. The molecule has 0 saturated heterocycles. The fraction of sp³-hybridized carbons (Fsp3) is 0.400. The summed E-state index contributed by atoms with van der Waals surface area (Å²) in [4.78, 5) is 0.297. The zero-order chi connectivity index (χ0) is 11.3. The Hall–Kier alpha value is -0.740. The number of sulfone groups is 1. The first-order chi connectivity index (χ1) is 6.84.